The van der Waals surface area contributed by atoms with Crippen LogP contribution in [0.4, 0.5) is 4.79 Å². The second-order valence-electron chi connectivity index (χ2n) is 26.9. The van der Waals surface area contributed by atoms with Crippen molar-refractivity contribution in [1.82, 2.24) is 62.2 Å². The van der Waals surface area contributed by atoms with Crippen LogP contribution in [-0.2, 0) is 89.7 Å². The van der Waals surface area contributed by atoms with E-state index in [0.717, 1.165) is 26.8 Å². The largest absolute Gasteiger partial charge is 0.394 e. The van der Waals surface area contributed by atoms with Gasteiger partial charge in [0.1, 0.15) is 60.4 Å². The third-order valence-corrected chi connectivity index (χ3v) is 18.6. The molecule has 105 heavy (non-hydrogen) atoms. The van der Waals surface area contributed by atoms with Gasteiger partial charge in [-0.2, -0.15) is 0 Å². The Balaban J connectivity index is 1.04. The molecule has 3 saturated heterocycles. The minimum Gasteiger partial charge on any atom is -0.394 e. The second kappa shape index (κ2) is 38.8. The summed E-state index contributed by atoms with van der Waals surface area (Å²) in [6.07, 6.45) is 2.06. The molecule has 4 heterocycles. The molecule has 3 aliphatic heterocycles. The highest BCUT2D eigenvalue weighted by Crippen LogP contribution is 2.25. The van der Waals surface area contributed by atoms with E-state index in [-0.39, 0.29) is 76.3 Å². The van der Waals surface area contributed by atoms with Crippen LogP contribution in [0.3, 0.4) is 0 Å². The summed E-state index contributed by atoms with van der Waals surface area (Å²) in [5.41, 5.74) is 25.2. The van der Waals surface area contributed by atoms with Crippen LogP contribution < -0.4 is 65.5 Å². The fraction of sp³-hybridized carbons (Fsp3) is 0.452. The monoisotopic (exact) mass is 1470 g/mol. The minimum absolute atomic E-state index is 0.0308. The molecular formula is C73H94ClN17O14. The molecule has 32 heteroatoms. The van der Waals surface area contributed by atoms with Crippen molar-refractivity contribution in [2.45, 2.75) is 158 Å². The quantitative estimate of drug-likeness (QED) is 0.0103. The molecule has 1 aromatic heterocycles. The molecule has 10 atom stereocenters. The number of hydrogen-bond acceptors (Lipinski definition) is 17. The maximum atomic E-state index is 15.0. The van der Waals surface area contributed by atoms with E-state index in [9.17, 15) is 53.1 Å². The van der Waals surface area contributed by atoms with Crippen molar-refractivity contribution < 1.29 is 67.4 Å². The molecule has 0 spiro atoms. The first kappa shape index (κ1) is 80.1. The predicted molar refractivity (Wildman–Crippen MR) is 388 cm³/mol. The van der Waals surface area contributed by atoms with Crippen molar-refractivity contribution in [2.24, 2.45) is 33.8 Å². The summed E-state index contributed by atoms with van der Waals surface area (Å²) < 4.78 is 5.52. The fourth-order valence-electron chi connectivity index (χ4n) is 12.7. The lowest BCUT2D eigenvalue weighted by molar-refractivity contribution is -0.142. The number of urea groups is 1. The summed E-state index contributed by atoms with van der Waals surface area (Å²) >= 11 is 6.25. The van der Waals surface area contributed by atoms with Gasteiger partial charge in [-0.25, -0.2) is 9.69 Å². The Bertz CT molecular complexity index is 3940. The number of benzene rings is 4. The van der Waals surface area contributed by atoms with Gasteiger partial charge in [-0.3, -0.25) is 67.6 Å². The predicted octanol–water partition coefficient (Wildman–Crippen LogP) is -0.473. The molecule has 0 bridgehead atoms. The number of amides is 13. The lowest BCUT2D eigenvalue weighted by atomic mass is 10.00. The molecule has 0 saturated carbocycles. The van der Waals surface area contributed by atoms with Crippen molar-refractivity contribution in [3.05, 3.63) is 148 Å². The standard InChI is InChI=1S/C73H94ClN17O14/c1-42(2)33-54(64(96)83-53(12-7-27-80-72(77)78)70(102)90-28-8-13-59(90)68(100)81-43(3)62(76)94)84-63(95)52(24-25-61(75)93)82-65(97)55(35-44-14-16-46(17-15-44)40-89-29-31-105-32-30-89)85-67(99)58(41-92)87-66(98)56(37-48-9-6-26-79-39-48)86-69(101)60(38-45-19-22-51(74)23-20-45)91-71(103)57(88-73(91)104)36-47-18-21-49-10-4-5-11-50(49)34-47/h4-6,9-11,14-23,26,34,39,42-43,52-60,92H,7-8,12-13,24-25,27-33,35-38,40-41H2,1-3H3,(H2,75,93)(H2,76,94)(H,81,100)(H,82,97)(H,83,96)(H,84,95)(H,85,99)(H,86,101)(H,87,98)(H,88,104)(H4,77,78,80)/t43-,52-,53+,54+,55+,56-,57?,58+,59+,60?/m1/s1. The first-order chi connectivity index (χ1) is 50.2. The third-order valence-electron chi connectivity index (χ3n) is 18.3. The molecule has 8 rings (SSSR count). The number of likely N-dealkylation sites (tertiary alicyclic amines) is 1. The molecule has 0 radical (unpaired) electrons. The number of carbonyl (C=O) groups is 12. The molecule has 17 N–H and O–H groups in total. The van der Waals surface area contributed by atoms with E-state index < -0.39 is 151 Å². The summed E-state index contributed by atoms with van der Waals surface area (Å²) in [5, 5.41) is 34.4. The number of imide groups is 1. The number of ether oxygens (including phenoxy) is 1. The third kappa shape index (κ3) is 23.7. The van der Waals surface area contributed by atoms with Crippen LogP contribution in [0.25, 0.3) is 10.8 Å². The number of nitrogens with zero attached hydrogens (tertiary/aromatic N) is 5. The van der Waals surface area contributed by atoms with Crippen LogP contribution in [0.2, 0.25) is 5.02 Å². The zero-order chi connectivity index (χ0) is 75.9. The van der Waals surface area contributed by atoms with Crippen LogP contribution in [0.1, 0.15) is 93.5 Å². The molecule has 562 valence electrons. The maximum absolute atomic E-state index is 15.0. The van der Waals surface area contributed by atoms with Gasteiger partial charge in [-0.1, -0.05) is 110 Å². The first-order valence-electron chi connectivity index (χ1n) is 35.0. The van der Waals surface area contributed by atoms with Crippen LogP contribution in [0.15, 0.2) is 121 Å². The molecule has 2 unspecified atom stereocenters. The molecular weight excluding hydrogens is 1370 g/mol. The van der Waals surface area contributed by atoms with Gasteiger partial charge in [0.15, 0.2) is 5.96 Å². The second-order valence-corrected chi connectivity index (χ2v) is 27.3. The number of aliphatic hydroxyl groups is 1. The number of aliphatic imine (C=N–C) groups is 1. The fourth-order valence-corrected chi connectivity index (χ4v) is 12.8. The average Bonchev–Trinajstić information content (AvgIpc) is 1.66. The van der Waals surface area contributed by atoms with E-state index in [0.29, 0.717) is 61.0 Å². The Kier molecular flexibility index (Phi) is 29.6. The Labute approximate surface area is 612 Å². The Morgan fingerprint density at radius 1 is 0.638 bits per heavy atom. The zero-order valence-corrected chi connectivity index (χ0v) is 59.7. The summed E-state index contributed by atoms with van der Waals surface area (Å²) in [6, 6.07) is 15.0. The number of aromatic nitrogens is 1. The number of rotatable bonds is 37. The van der Waals surface area contributed by atoms with E-state index in [2.05, 4.69) is 57.4 Å². The summed E-state index contributed by atoms with van der Waals surface area (Å²) in [4.78, 5) is 182. The Morgan fingerprint density at radius 2 is 1.22 bits per heavy atom. The normalized spacial score (nSPS) is 17.5. The van der Waals surface area contributed by atoms with Gasteiger partial charge in [0, 0.05) is 82.2 Å². The zero-order valence-electron chi connectivity index (χ0n) is 58.9. The first-order valence-corrected chi connectivity index (χ1v) is 35.4. The highest BCUT2D eigenvalue weighted by molar-refractivity contribution is 6.30. The van der Waals surface area contributed by atoms with E-state index in [1.807, 2.05) is 54.6 Å². The van der Waals surface area contributed by atoms with Crippen molar-refractivity contribution in [3.8, 4) is 0 Å². The number of pyridine rings is 1. The molecule has 3 fully saturated rings. The van der Waals surface area contributed by atoms with Gasteiger partial charge in [-0.15, -0.1) is 0 Å². The molecule has 13 amide bonds. The number of hydrogen-bond donors (Lipinski definition) is 13. The van der Waals surface area contributed by atoms with Gasteiger partial charge in [-0.05, 0) is 108 Å². The summed E-state index contributed by atoms with van der Waals surface area (Å²) in [6.45, 7) is 7.11. The summed E-state index contributed by atoms with van der Waals surface area (Å²) in [5.74, 6) is -10.1. The number of primary amides is 2. The summed E-state index contributed by atoms with van der Waals surface area (Å²) in [7, 11) is 0. The number of guanidine groups is 1. The number of carbonyl (C=O) groups excluding carboxylic acids is 12. The Morgan fingerprint density at radius 3 is 1.87 bits per heavy atom. The van der Waals surface area contributed by atoms with Gasteiger partial charge in [0.25, 0.3) is 5.91 Å². The molecule has 0 aliphatic carbocycles. The average molecular weight is 1470 g/mol. The van der Waals surface area contributed by atoms with E-state index in [1.165, 1.54) is 24.2 Å². The van der Waals surface area contributed by atoms with Crippen molar-refractivity contribution in [3.63, 3.8) is 0 Å². The minimum atomic E-state index is -1.85. The van der Waals surface area contributed by atoms with E-state index >= 15 is 9.59 Å². The highest BCUT2D eigenvalue weighted by atomic mass is 35.5. The van der Waals surface area contributed by atoms with E-state index in [1.54, 1.807) is 62.4 Å². The topological polar surface area (TPSA) is 470 Å². The van der Waals surface area contributed by atoms with Crippen LogP contribution >= 0.6 is 11.6 Å². The smallest absolute Gasteiger partial charge is 0.325 e. The van der Waals surface area contributed by atoms with Crippen LogP contribution in [0.5, 0.6) is 0 Å². The lowest BCUT2D eigenvalue weighted by Gasteiger charge is -2.31. The van der Waals surface area contributed by atoms with E-state index in [4.69, 9.17) is 39.3 Å². The number of halogens is 1. The van der Waals surface area contributed by atoms with Gasteiger partial charge in [0.05, 0.1) is 19.8 Å². The number of nitrogens with one attached hydrogen (secondary N) is 8. The molecule has 31 nitrogen and oxygen atoms in total. The molecule has 5 aromatic rings. The van der Waals surface area contributed by atoms with Gasteiger partial charge >= 0.3 is 6.03 Å². The van der Waals surface area contributed by atoms with Crippen LogP contribution in [-0.4, -0.2) is 208 Å². The van der Waals surface area contributed by atoms with Gasteiger partial charge < -0.3 is 80.2 Å². The van der Waals surface area contributed by atoms with Crippen molar-refractivity contribution in [1.29, 1.82) is 0 Å². The maximum Gasteiger partial charge on any atom is 0.325 e. The lowest BCUT2D eigenvalue weighted by Crippen LogP contribution is -2.61. The Hall–Kier alpha value is -10.6. The molecule has 4 aromatic carbocycles. The van der Waals surface area contributed by atoms with Gasteiger partial charge in [0.2, 0.25) is 59.1 Å². The molecule has 3 aliphatic rings. The number of nitrogens with two attached hydrogens (primary N) is 4. The SMILES string of the molecule is CC(C)C[C@H](NC(=O)[C@@H](CCC(N)=O)NC(=O)[C@H](Cc1ccc(CN2CCOCC2)cc1)NC(=O)[C@H](CO)NC(=O)[C@@H](Cc1cccnc1)NC(=O)C(Cc1ccc(Cl)cc1)N1C(=O)NC(Cc2ccc3ccccc3c2)C1=O)C(=O)N[C@@H](CCCN=C(N)N)C(=O)N1CCC[C@H]1C(=O)N[C@H](C)C(N)=O. The number of morpholine rings is 1. The number of aliphatic hydroxyl groups excluding tert-OH is 1. The van der Waals surface area contributed by atoms with Crippen LogP contribution in [0, 0.1) is 5.92 Å². The highest BCUT2D eigenvalue weighted by Gasteiger charge is 2.46. The number of fused-ring (bicyclic) bond motifs is 1. The van der Waals surface area contributed by atoms with Crippen molar-refractivity contribution in [2.75, 3.05) is 46.0 Å². The van der Waals surface area contributed by atoms with Crippen molar-refractivity contribution >= 4 is 99.3 Å².